The molecule has 2 nitrogen and oxygen atoms in total. The van der Waals surface area contributed by atoms with Gasteiger partial charge in [0.25, 0.3) is 0 Å². The van der Waals surface area contributed by atoms with Crippen LogP contribution in [0.15, 0.2) is 34.7 Å². The molecule has 0 amide bonds. The zero-order chi connectivity index (χ0) is 17.2. The number of aryl methyl sites for hydroxylation is 1. The lowest BCUT2D eigenvalue weighted by Crippen LogP contribution is -2.23. The van der Waals surface area contributed by atoms with E-state index >= 15 is 0 Å². The van der Waals surface area contributed by atoms with Crippen LogP contribution in [0.25, 0.3) is 0 Å². The van der Waals surface area contributed by atoms with Gasteiger partial charge in [-0.15, -0.1) is 11.8 Å². The Kier molecular flexibility index (Phi) is 5.34. The van der Waals surface area contributed by atoms with Crippen LogP contribution in [-0.2, 0) is 9.59 Å². The minimum Gasteiger partial charge on any atom is -0.294 e. The van der Waals surface area contributed by atoms with Crippen molar-refractivity contribution in [3.05, 3.63) is 45.9 Å². The number of carbonyl (C=O) groups excluding carboxylic acids is 2. The van der Waals surface area contributed by atoms with E-state index in [2.05, 4.69) is 0 Å². The van der Waals surface area contributed by atoms with Crippen molar-refractivity contribution in [2.24, 2.45) is 0 Å². The third-order valence-electron chi connectivity index (χ3n) is 3.87. The van der Waals surface area contributed by atoms with Crippen molar-refractivity contribution >= 4 is 23.3 Å². The standard InChI is InChI=1S/C17H17F3O2S/c1-10-3-5-12(6-4-10)11(2)16(22)13-7-8-23-14(13)9-15(21)17(18,19)20/h3-6,11H,7-9H2,1-2H3/t11-/m1/s1. The van der Waals surface area contributed by atoms with E-state index in [4.69, 9.17) is 0 Å². The predicted octanol–water partition coefficient (Wildman–Crippen LogP) is 4.58. The van der Waals surface area contributed by atoms with E-state index in [0.29, 0.717) is 17.7 Å². The summed E-state index contributed by atoms with van der Waals surface area (Å²) >= 11 is 1.18. The molecule has 1 heterocycles. The van der Waals surface area contributed by atoms with Gasteiger partial charge in [0.15, 0.2) is 5.78 Å². The molecule has 124 valence electrons. The number of alkyl halides is 3. The zero-order valence-corrected chi connectivity index (χ0v) is 13.7. The molecule has 0 unspecified atom stereocenters. The molecule has 0 saturated carbocycles. The van der Waals surface area contributed by atoms with Gasteiger partial charge in [0.2, 0.25) is 5.78 Å². The lowest BCUT2D eigenvalue weighted by atomic mass is 9.90. The molecular weight excluding hydrogens is 325 g/mol. The molecule has 1 aliphatic rings. The van der Waals surface area contributed by atoms with E-state index in [1.165, 1.54) is 11.8 Å². The number of allylic oxidation sites excluding steroid dienone is 2. The Morgan fingerprint density at radius 1 is 1.22 bits per heavy atom. The zero-order valence-electron chi connectivity index (χ0n) is 12.9. The molecule has 0 radical (unpaired) electrons. The van der Waals surface area contributed by atoms with Crippen LogP contribution in [0.4, 0.5) is 13.2 Å². The van der Waals surface area contributed by atoms with Crippen molar-refractivity contribution in [1.82, 2.24) is 0 Å². The number of thioether (sulfide) groups is 1. The van der Waals surface area contributed by atoms with E-state index in [-0.39, 0.29) is 10.7 Å². The number of ketones is 2. The second kappa shape index (κ2) is 6.91. The van der Waals surface area contributed by atoms with Gasteiger partial charge in [-0.05, 0) is 23.8 Å². The van der Waals surface area contributed by atoms with E-state index in [0.717, 1.165) is 11.1 Å². The molecular formula is C17H17F3O2S. The number of benzene rings is 1. The van der Waals surface area contributed by atoms with Crippen LogP contribution in [0.2, 0.25) is 0 Å². The molecule has 2 rings (SSSR count). The summed E-state index contributed by atoms with van der Waals surface area (Å²) in [6.07, 6.45) is -5.16. The van der Waals surface area contributed by atoms with Gasteiger partial charge in [0, 0.05) is 23.7 Å². The van der Waals surface area contributed by atoms with Gasteiger partial charge in [0.1, 0.15) is 0 Å². The van der Waals surface area contributed by atoms with E-state index in [9.17, 15) is 22.8 Å². The average molecular weight is 342 g/mol. The Morgan fingerprint density at radius 3 is 2.39 bits per heavy atom. The lowest BCUT2D eigenvalue weighted by molar-refractivity contribution is -0.170. The monoisotopic (exact) mass is 342 g/mol. The van der Waals surface area contributed by atoms with Gasteiger partial charge >= 0.3 is 6.18 Å². The summed E-state index contributed by atoms with van der Waals surface area (Å²) in [6.45, 7) is 3.68. The first-order valence-electron chi connectivity index (χ1n) is 7.25. The summed E-state index contributed by atoms with van der Waals surface area (Å²) in [5, 5.41) is 0. The van der Waals surface area contributed by atoms with Gasteiger partial charge in [-0.3, -0.25) is 9.59 Å². The number of hydrogen-bond acceptors (Lipinski definition) is 3. The van der Waals surface area contributed by atoms with Gasteiger partial charge in [-0.2, -0.15) is 13.2 Å². The summed E-state index contributed by atoms with van der Waals surface area (Å²) in [7, 11) is 0. The van der Waals surface area contributed by atoms with Crippen LogP contribution in [0.5, 0.6) is 0 Å². The van der Waals surface area contributed by atoms with Crippen LogP contribution in [-0.4, -0.2) is 23.5 Å². The highest BCUT2D eigenvalue weighted by Crippen LogP contribution is 2.38. The maximum absolute atomic E-state index is 12.6. The van der Waals surface area contributed by atoms with Gasteiger partial charge in [-0.1, -0.05) is 36.8 Å². The first kappa shape index (κ1) is 17.8. The molecule has 0 spiro atoms. The maximum Gasteiger partial charge on any atom is 0.450 e. The highest BCUT2D eigenvalue weighted by atomic mass is 32.2. The molecule has 1 aromatic carbocycles. The predicted molar refractivity (Wildman–Crippen MR) is 84.4 cm³/mol. The number of carbonyl (C=O) groups is 2. The molecule has 6 heteroatoms. The van der Waals surface area contributed by atoms with Crippen molar-refractivity contribution in [3.8, 4) is 0 Å². The molecule has 0 fully saturated rings. The smallest absolute Gasteiger partial charge is 0.294 e. The minimum atomic E-state index is -4.85. The fraction of sp³-hybridized carbons (Fsp3) is 0.412. The van der Waals surface area contributed by atoms with Gasteiger partial charge in [-0.25, -0.2) is 0 Å². The minimum absolute atomic E-state index is 0.191. The summed E-state index contributed by atoms with van der Waals surface area (Å²) in [4.78, 5) is 24.1. The Labute approximate surface area is 137 Å². The Hall–Kier alpha value is -1.56. The lowest BCUT2D eigenvalue weighted by Gasteiger charge is -2.13. The fourth-order valence-corrected chi connectivity index (χ4v) is 3.60. The third kappa shape index (κ3) is 4.25. The molecule has 1 aromatic rings. The van der Waals surface area contributed by atoms with Crippen molar-refractivity contribution < 1.29 is 22.8 Å². The van der Waals surface area contributed by atoms with Crippen LogP contribution in [0.1, 0.15) is 36.8 Å². The topological polar surface area (TPSA) is 34.1 Å². The third-order valence-corrected chi connectivity index (χ3v) is 5.02. The second-order valence-electron chi connectivity index (χ2n) is 5.59. The summed E-state index contributed by atoms with van der Waals surface area (Å²) in [6, 6.07) is 7.48. The molecule has 1 aliphatic heterocycles. The van der Waals surface area contributed by atoms with Crippen molar-refractivity contribution in [2.75, 3.05) is 5.75 Å². The van der Waals surface area contributed by atoms with Crippen LogP contribution >= 0.6 is 11.8 Å². The molecule has 23 heavy (non-hydrogen) atoms. The Bertz CT molecular complexity index is 645. The maximum atomic E-state index is 12.6. The molecule has 0 aliphatic carbocycles. The highest BCUT2D eigenvalue weighted by Gasteiger charge is 2.39. The number of hydrogen-bond donors (Lipinski definition) is 0. The Morgan fingerprint density at radius 2 is 1.83 bits per heavy atom. The van der Waals surface area contributed by atoms with Crippen LogP contribution in [0, 0.1) is 6.92 Å². The Balaban J connectivity index is 2.20. The van der Waals surface area contributed by atoms with Gasteiger partial charge in [0.05, 0.1) is 0 Å². The van der Waals surface area contributed by atoms with Crippen LogP contribution < -0.4 is 0 Å². The average Bonchev–Trinajstić information content (AvgIpc) is 2.93. The number of Topliss-reactive ketones (excluding diaryl/α,β-unsaturated/α-hetero) is 2. The quantitative estimate of drug-likeness (QED) is 0.785. The first-order valence-corrected chi connectivity index (χ1v) is 8.24. The van der Waals surface area contributed by atoms with E-state index < -0.39 is 24.3 Å². The van der Waals surface area contributed by atoms with E-state index in [1.807, 2.05) is 31.2 Å². The normalized spacial score (nSPS) is 16.6. The number of rotatable bonds is 5. The van der Waals surface area contributed by atoms with Gasteiger partial charge < -0.3 is 0 Å². The summed E-state index contributed by atoms with van der Waals surface area (Å²) < 4.78 is 37.3. The molecule has 1 atom stereocenters. The molecule has 0 bridgehead atoms. The first-order chi connectivity index (χ1) is 10.7. The SMILES string of the molecule is Cc1ccc([C@@H](C)C(=O)C2=C(CC(=O)C(F)(F)F)SCC2)cc1. The number of halogens is 3. The highest BCUT2D eigenvalue weighted by molar-refractivity contribution is 8.03. The van der Waals surface area contributed by atoms with Crippen molar-refractivity contribution in [3.63, 3.8) is 0 Å². The van der Waals surface area contributed by atoms with Crippen molar-refractivity contribution in [2.45, 2.75) is 38.8 Å². The molecule has 0 N–H and O–H groups in total. The molecule has 0 saturated heterocycles. The second-order valence-corrected chi connectivity index (χ2v) is 6.78. The summed E-state index contributed by atoms with van der Waals surface area (Å²) in [5.41, 5.74) is 2.27. The largest absolute Gasteiger partial charge is 0.450 e. The summed E-state index contributed by atoms with van der Waals surface area (Å²) in [5.74, 6) is -1.87. The van der Waals surface area contributed by atoms with Crippen LogP contribution in [0.3, 0.4) is 0 Å². The van der Waals surface area contributed by atoms with Crippen molar-refractivity contribution in [1.29, 1.82) is 0 Å². The van der Waals surface area contributed by atoms with E-state index in [1.54, 1.807) is 6.92 Å². The fourth-order valence-electron chi connectivity index (χ4n) is 2.44. The molecule has 0 aromatic heterocycles.